The molecule has 1 amide bonds. The first-order chi connectivity index (χ1) is 9.11. The van der Waals surface area contributed by atoms with E-state index in [1.165, 1.54) is 6.39 Å². The van der Waals surface area contributed by atoms with E-state index in [9.17, 15) is 4.79 Å². The second-order valence-corrected chi connectivity index (χ2v) is 4.28. The van der Waals surface area contributed by atoms with Gasteiger partial charge in [-0.2, -0.15) is 0 Å². The number of carbonyl (C=O) groups is 1. The molecule has 0 aliphatic rings. The van der Waals surface area contributed by atoms with Crippen LogP contribution < -0.4 is 11.1 Å². The third-order valence-electron chi connectivity index (χ3n) is 2.88. The summed E-state index contributed by atoms with van der Waals surface area (Å²) < 4.78 is 5.13. The maximum absolute atomic E-state index is 11.8. The maximum Gasteiger partial charge on any atom is 0.247 e. The lowest BCUT2D eigenvalue weighted by molar-refractivity contribution is -0.117. The van der Waals surface area contributed by atoms with Gasteiger partial charge >= 0.3 is 0 Å². The molecule has 0 fully saturated rings. The van der Waals surface area contributed by atoms with Crippen molar-refractivity contribution in [3.05, 3.63) is 30.2 Å². The summed E-state index contributed by atoms with van der Waals surface area (Å²) in [5.41, 5.74) is 8.09. The van der Waals surface area contributed by atoms with Crippen molar-refractivity contribution in [2.24, 2.45) is 5.73 Å². The van der Waals surface area contributed by atoms with E-state index in [2.05, 4.69) is 15.5 Å². The molecule has 6 heteroatoms. The summed E-state index contributed by atoms with van der Waals surface area (Å²) in [5.74, 6) is 0.212. The number of hydrogen-bond donors (Lipinski definition) is 2. The minimum atomic E-state index is -0.508. The van der Waals surface area contributed by atoms with E-state index in [-0.39, 0.29) is 5.91 Å². The molecule has 1 aromatic heterocycles. The van der Waals surface area contributed by atoms with Gasteiger partial charge in [-0.25, -0.2) is 0 Å². The third-order valence-corrected chi connectivity index (χ3v) is 2.88. The summed E-state index contributed by atoms with van der Waals surface area (Å²) >= 11 is 0. The Morgan fingerprint density at radius 2 is 2.32 bits per heavy atom. The number of nitrogens with zero attached hydrogens (tertiary/aromatic N) is 2. The zero-order chi connectivity index (χ0) is 13.8. The molecular formula is C13H16N4O2. The van der Waals surface area contributed by atoms with Crippen LogP contribution in [0.25, 0.3) is 11.5 Å². The molecule has 6 nitrogen and oxygen atoms in total. The van der Waals surface area contributed by atoms with Gasteiger partial charge in [0.2, 0.25) is 18.2 Å². The molecule has 0 unspecified atom stereocenters. The zero-order valence-electron chi connectivity index (χ0n) is 10.9. The molecule has 0 spiro atoms. The second-order valence-electron chi connectivity index (χ2n) is 4.28. The third kappa shape index (κ3) is 2.97. The van der Waals surface area contributed by atoms with Crippen molar-refractivity contribution in [3.63, 3.8) is 0 Å². The van der Waals surface area contributed by atoms with Gasteiger partial charge in [0, 0.05) is 11.3 Å². The standard InChI is InChI=1S/C13H16N4O2/c1-3-10(14)12(18)16-11-6-9(5-4-8(11)2)13-17-15-7-19-13/h4-7,10H,3,14H2,1-2H3,(H,16,18)/t10-/m1/s1. The number of carbonyl (C=O) groups excluding carboxylic acids is 1. The van der Waals surface area contributed by atoms with Gasteiger partial charge < -0.3 is 15.5 Å². The number of rotatable bonds is 4. The van der Waals surface area contributed by atoms with Crippen molar-refractivity contribution < 1.29 is 9.21 Å². The Kier molecular flexibility index (Phi) is 3.91. The topological polar surface area (TPSA) is 94.0 Å². The van der Waals surface area contributed by atoms with Gasteiger partial charge in [0.05, 0.1) is 6.04 Å². The van der Waals surface area contributed by atoms with E-state index < -0.39 is 6.04 Å². The summed E-state index contributed by atoms with van der Waals surface area (Å²) in [5, 5.41) is 10.3. The van der Waals surface area contributed by atoms with E-state index in [1.54, 1.807) is 6.07 Å². The van der Waals surface area contributed by atoms with Crippen molar-refractivity contribution in [1.29, 1.82) is 0 Å². The Hall–Kier alpha value is -2.21. The normalized spacial score (nSPS) is 12.2. The van der Waals surface area contributed by atoms with Gasteiger partial charge in [-0.1, -0.05) is 13.0 Å². The molecule has 2 aromatic rings. The lowest BCUT2D eigenvalue weighted by Gasteiger charge is -2.12. The fourth-order valence-electron chi connectivity index (χ4n) is 1.60. The van der Waals surface area contributed by atoms with Crippen LogP contribution >= 0.6 is 0 Å². The van der Waals surface area contributed by atoms with Gasteiger partial charge in [-0.05, 0) is 31.0 Å². The lowest BCUT2D eigenvalue weighted by Crippen LogP contribution is -2.35. The monoisotopic (exact) mass is 260 g/mol. The summed E-state index contributed by atoms with van der Waals surface area (Å²) in [6, 6.07) is 5.03. The van der Waals surface area contributed by atoms with E-state index >= 15 is 0 Å². The molecule has 3 N–H and O–H groups in total. The number of hydrogen-bond acceptors (Lipinski definition) is 5. The van der Waals surface area contributed by atoms with Gasteiger partial charge in [0.1, 0.15) is 0 Å². The predicted octanol–water partition coefficient (Wildman–Crippen LogP) is 1.72. The molecular weight excluding hydrogens is 244 g/mol. The van der Waals surface area contributed by atoms with Crippen LogP contribution in [0.5, 0.6) is 0 Å². The van der Waals surface area contributed by atoms with Crippen LogP contribution in [0, 0.1) is 6.92 Å². The number of nitrogens with two attached hydrogens (primary N) is 1. The van der Waals surface area contributed by atoms with Crippen molar-refractivity contribution in [2.75, 3.05) is 5.32 Å². The molecule has 1 aromatic carbocycles. The van der Waals surface area contributed by atoms with E-state index in [0.29, 0.717) is 18.0 Å². The smallest absolute Gasteiger partial charge is 0.247 e. The average Bonchev–Trinajstić information content (AvgIpc) is 2.94. The number of aromatic nitrogens is 2. The number of benzene rings is 1. The first kappa shape index (κ1) is 13.2. The molecule has 0 bridgehead atoms. The van der Waals surface area contributed by atoms with Crippen LogP contribution in [0.1, 0.15) is 18.9 Å². The van der Waals surface area contributed by atoms with Crippen molar-refractivity contribution in [3.8, 4) is 11.5 Å². The van der Waals surface area contributed by atoms with Crippen LogP contribution in [-0.2, 0) is 4.79 Å². The number of aryl methyl sites for hydroxylation is 1. The number of amides is 1. The first-order valence-corrected chi connectivity index (χ1v) is 6.05. The van der Waals surface area contributed by atoms with Gasteiger partial charge in [0.25, 0.3) is 0 Å². The van der Waals surface area contributed by atoms with Gasteiger partial charge in [-0.15, -0.1) is 10.2 Å². The molecule has 0 radical (unpaired) electrons. The van der Waals surface area contributed by atoms with Crippen LogP contribution in [0.2, 0.25) is 0 Å². The molecule has 0 aliphatic heterocycles. The molecule has 0 saturated heterocycles. The molecule has 19 heavy (non-hydrogen) atoms. The fourth-order valence-corrected chi connectivity index (χ4v) is 1.60. The molecule has 0 saturated carbocycles. The highest BCUT2D eigenvalue weighted by Gasteiger charge is 2.13. The fraction of sp³-hybridized carbons (Fsp3) is 0.308. The number of anilines is 1. The minimum absolute atomic E-state index is 0.201. The minimum Gasteiger partial charge on any atom is -0.423 e. The first-order valence-electron chi connectivity index (χ1n) is 6.05. The van der Waals surface area contributed by atoms with E-state index in [1.807, 2.05) is 26.0 Å². The second kappa shape index (κ2) is 5.62. The Morgan fingerprint density at radius 1 is 1.53 bits per heavy atom. The summed E-state index contributed by atoms with van der Waals surface area (Å²) in [6.07, 6.45) is 1.86. The van der Waals surface area contributed by atoms with Crippen LogP contribution in [0.4, 0.5) is 5.69 Å². The quantitative estimate of drug-likeness (QED) is 0.872. The number of nitrogens with one attached hydrogen (secondary N) is 1. The van der Waals surface area contributed by atoms with Crippen LogP contribution in [0.3, 0.4) is 0 Å². The molecule has 1 heterocycles. The summed E-state index contributed by atoms with van der Waals surface area (Å²) in [4.78, 5) is 11.8. The summed E-state index contributed by atoms with van der Waals surface area (Å²) in [7, 11) is 0. The summed E-state index contributed by atoms with van der Waals surface area (Å²) in [6.45, 7) is 3.77. The van der Waals surface area contributed by atoms with Gasteiger partial charge in [0.15, 0.2) is 0 Å². The molecule has 2 rings (SSSR count). The maximum atomic E-state index is 11.8. The SMILES string of the molecule is CC[C@@H](N)C(=O)Nc1cc(-c2nnco2)ccc1C. The lowest BCUT2D eigenvalue weighted by atomic mass is 10.1. The van der Waals surface area contributed by atoms with E-state index in [0.717, 1.165) is 11.1 Å². The predicted molar refractivity (Wildman–Crippen MR) is 71.4 cm³/mol. The Labute approximate surface area is 111 Å². The van der Waals surface area contributed by atoms with Crippen molar-refractivity contribution in [1.82, 2.24) is 10.2 Å². The highest BCUT2D eigenvalue weighted by Crippen LogP contribution is 2.23. The Bertz CT molecular complexity index is 566. The van der Waals surface area contributed by atoms with Crippen molar-refractivity contribution in [2.45, 2.75) is 26.3 Å². The van der Waals surface area contributed by atoms with E-state index in [4.69, 9.17) is 10.2 Å². The van der Waals surface area contributed by atoms with Crippen LogP contribution in [-0.4, -0.2) is 22.1 Å². The van der Waals surface area contributed by atoms with Crippen molar-refractivity contribution >= 4 is 11.6 Å². The molecule has 100 valence electrons. The average molecular weight is 260 g/mol. The Balaban J connectivity index is 2.25. The molecule has 1 atom stereocenters. The molecule has 0 aliphatic carbocycles. The highest BCUT2D eigenvalue weighted by molar-refractivity contribution is 5.95. The highest BCUT2D eigenvalue weighted by atomic mass is 16.4. The largest absolute Gasteiger partial charge is 0.423 e. The van der Waals surface area contributed by atoms with Crippen LogP contribution in [0.15, 0.2) is 29.0 Å². The Morgan fingerprint density at radius 3 is 2.95 bits per heavy atom. The van der Waals surface area contributed by atoms with Gasteiger partial charge in [-0.3, -0.25) is 4.79 Å². The zero-order valence-corrected chi connectivity index (χ0v) is 10.9.